The second-order valence-electron chi connectivity index (χ2n) is 14.2. The van der Waals surface area contributed by atoms with Gasteiger partial charge in [-0.2, -0.15) is 0 Å². The molecule has 0 unspecified atom stereocenters. The fourth-order valence-corrected chi connectivity index (χ4v) is 7.27. The van der Waals surface area contributed by atoms with Gasteiger partial charge in [-0.25, -0.2) is 24.9 Å². The molecule has 0 amide bonds. The van der Waals surface area contributed by atoms with Crippen LogP contribution >= 0.6 is 0 Å². The molecule has 2 aromatic heterocycles. The summed E-state index contributed by atoms with van der Waals surface area (Å²) in [6.45, 7) is 0. The van der Waals surface area contributed by atoms with Crippen LogP contribution in [0, 0.1) is 0 Å². The van der Waals surface area contributed by atoms with Crippen LogP contribution in [0.25, 0.3) is 101 Å². The maximum Gasteiger partial charge on any atom is 0.164 e. The summed E-state index contributed by atoms with van der Waals surface area (Å²) in [5, 5.41) is 2.32. The van der Waals surface area contributed by atoms with Gasteiger partial charge < -0.3 is 0 Å². The standard InChI is InChI=1S/C53H35N5/c1-4-13-36(14-5-1)38-23-28-40(29-24-38)48-35-49(55-50(54-48)41-16-6-2-7-17-41)46-22-12-21-45(33-46)39-25-30-43(31-26-39)52-56-51(42-18-8-3-9-19-42)57-53(58-52)47-32-27-37-15-10-11-20-44(37)34-47/h1-35H. The molecule has 0 radical (unpaired) electrons. The van der Waals surface area contributed by atoms with Gasteiger partial charge in [0.05, 0.1) is 11.4 Å². The van der Waals surface area contributed by atoms with E-state index in [9.17, 15) is 0 Å². The van der Waals surface area contributed by atoms with Crippen LogP contribution in [0.3, 0.4) is 0 Å². The lowest BCUT2D eigenvalue weighted by Gasteiger charge is -2.12. The maximum absolute atomic E-state index is 5.10. The van der Waals surface area contributed by atoms with E-state index < -0.39 is 0 Å². The molecule has 0 aliphatic rings. The average Bonchev–Trinajstić information content (AvgIpc) is 3.32. The summed E-state index contributed by atoms with van der Waals surface area (Å²) in [4.78, 5) is 25.1. The van der Waals surface area contributed by atoms with Crippen molar-refractivity contribution in [1.82, 2.24) is 24.9 Å². The largest absolute Gasteiger partial charge is 0.228 e. The van der Waals surface area contributed by atoms with E-state index in [0.717, 1.165) is 66.8 Å². The molecule has 0 atom stereocenters. The van der Waals surface area contributed by atoms with E-state index >= 15 is 0 Å². The van der Waals surface area contributed by atoms with Crippen molar-refractivity contribution in [3.8, 4) is 90.3 Å². The van der Waals surface area contributed by atoms with Gasteiger partial charge in [0, 0.05) is 33.4 Å². The number of aromatic nitrogens is 5. The van der Waals surface area contributed by atoms with Gasteiger partial charge in [0.1, 0.15) is 0 Å². The summed E-state index contributed by atoms with van der Waals surface area (Å²) in [5.41, 5.74) is 12.0. The summed E-state index contributed by atoms with van der Waals surface area (Å²) in [6, 6.07) is 73.0. The fraction of sp³-hybridized carbons (Fsp3) is 0. The van der Waals surface area contributed by atoms with Crippen molar-refractivity contribution in [3.05, 3.63) is 212 Å². The zero-order valence-corrected chi connectivity index (χ0v) is 31.4. The molecule has 272 valence electrons. The first-order valence-corrected chi connectivity index (χ1v) is 19.3. The molecule has 0 N–H and O–H groups in total. The van der Waals surface area contributed by atoms with Gasteiger partial charge in [-0.15, -0.1) is 0 Å². The highest BCUT2D eigenvalue weighted by Crippen LogP contribution is 2.33. The predicted molar refractivity (Wildman–Crippen MR) is 236 cm³/mol. The molecule has 0 spiro atoms. The van der Waals surface area contributed by atoms with Crippen LogP contribution < -0.4 is 0 Å². The number of hydrogen-bond donors (Lipinski definition) is 0. The number of fused-ring (bicyclic) bond motifs is 1. The normalized spacial score (nSPS) is 11.1. The van der Waals surface area contributed by atoms with Gasteiger partial charge in [0.25, 0.3) is 0 Å². The Hall–Kier alpha value is -7.89. The second kappa shape index (κ2) is 15.3. The van der Waals surface area contributed by atoms with Crippen molar-refractivity contribution in [3.63, 3.8) is 0 Å². The molecule has 2 heterocycles. The Labute approximate surface area is 337 Å². The molecule has 8 aromatic carbocycles. The molecule has 0 aliphatic heterocycles. The van der Waals surface area contributed by atoms with Gasteiger partial charge >= 0.3 is 0 Å². The van der Waals surface area contributed by atoms with Crippen molar-refractivity contribution in [1.29, 1.82) is 0 Å². The topological polar surface area (TPSA) is 64.5 Å². The average molecular weight is 742 g/mol. The van der Waals surface area contributed by atoms with Crippen molar-refractivity contribution in [2.45, 2.75) is 0 Å². The summed E-state index contributed by atoms with van der Waals surface area (Å²) in [5.74, 6) is 2.58. The highest BCUT2D eigenvalue weighted by atomic mass is 15.0. The monoisotopic (exact) mass is 741 g/mol. The minimum Gasteiger partial charge on any atom is -0.228 e. The Morgan fingerprint density at radius 3 is 1.19 bits per heavy atom. The van der Waals surface area contributed by atoms with E-state index in [1.54, 1.807) is 0 Å². The van der Waals surface area contributed by atoms with E-state index in [4.69, 9.17) is 24.9 Å². The SMILES string of the molecule is c1ccc(-c2ccc(-c3cc(-c4cccc(-c5ccc(-c6nc(-c7ccccc7)nc(-c7ccc8ccccc8c7)n6)cc5)c4)nc(-c4ccccc4)n3)cc2)cc1. The maximum atomic E-state index is 5.10. The van der Waals surface area contributed by atoms with Gasteiger partial charge in [-0.05, 0) is 51.2 Å². The zero-order valence-electron chi connectivity index (χ0n) is 31.4. The lowest BCUT2D eigenvalue weighted by molar-refractivity contribution is 1.07. The predicted octanol–water partition coefficient (Wildman–Crippen LogP) is 13.2. The number of rotatable bonds is 8. The van der Waals surface area contributed by atoms with Crippen LogP contribution in [-0.2, 0) is 0 Å². The molecule has 5 nitrogen and oxygen atoms in total. The summed E-state index contributed by atoms with van der Waals surface area (Å²) >= 11 is 0. The van der Waals surface area contributed by atoms with Crippen LogP contribution in [0.5, 0.6) is 0 Å². The summed E-state index contributed by atoms with van der Waals surface area (Å²) < 4.78 is 0. The highest BCUT2D eigenvalue weighted by Gasteiger charge is 2.15. The first-order valence-electron chi connectivity index (χ1n) is 19.3. The number of benzene rings is 8. The summed E-state index contributed by atoms with van der Waals surface area (Å²) in [6.07, 6.45) is 0. The first-order chi connectivity index (χ1) is 28.7. The van der Waals surface area contributed by atoms with Crippen LogP contribution in [-0.4, -0.2) is 24.9 Å². The fourth-order valence-electron chi connectivity index (χ4n) is 7.27. The Morgan fingerprint density at radius 1 is 0.190 bits per heavy atom. The third kappa shape index (κ3) is 7.16. The van der Waals surface area contributed by atoms with Crippen molar-refractivity contribution < 1.29 is 0 Å². The van der Waals surface area contributed by atoms with Crippen LogP contribution in [0.2, 0.25) is 0 Å². The molecule has 0 fully saturated rings. The van der Waals surface area contributed by atoms with Crippen molar-refractivity contribution in [2.24, 2.45) is 0 Å². The number of hydrogen-bond acceptors (Lipinski definition) is 5. The molecule has 0 saturated heterocycles. The molecule has 0 aliphatic carbocycles. The van der Waals surface area contributed by atoms with Crippen LogP contribution in [0.4, 0.5) is 0 Å². The minimum absolute atomic E-state index is 0.621. The van der Waals surface area contributed by atoms with Gasteiger partial charge in [-0.3, -0.25) is 0 Å². The third-order valence-corrected chi connectivity index (χ3v) is 10.4. The Kier molecular flexibility index (Phi) is 9.14. The van der Waals surface area contributed by atoms with E-state index in [-0.39, 0.29) is 0 Å². The first kappa shape index (κ1) is 34.6. The smallest absolute Gasteiger partial charge is 0.164 e. The zero-order chi connectivity index (χ0) is 38.7. The third-order valence-electron chi connectivity index (χ3n) is 10.4. The van der Waals surface area contributed by atoms with Gasteiger partial charge in [0.15, 0.2) is 23.3 Å². The van der Waals surface area contributed by atoms with E-state index in [2.05, 4.69) is 158 Å². The molecular weight excluding hydrogens is 707 g/mol. The van der Waals surface area contributed by atoms with Crippen LogP contribution in [0.15, 0.2) is 212 Å². The molecule has 10 aromatic rings. The van der Waals surface area contributed by atoms with Crippen LogP contribution in [0.1, 0.15) is 0 Å². The molecule has 58 heavy (non-hydrogen) atoms. The van der Waals surface area contributed by atoms with Crippen molar-refractivity contribution >= 4 is 10.8 Å². The molecular formula is C53H35N5. The lowest BCUT2D eigenvalue weighted by Crippen LogP contribution is -2.00. The highest BCUT2D eigenvalue weighted by molar-refractivity contribution is 5.87. The van der Waals surface area contributed by atoms with E-state index in [0.29, 0.717) is 23.3 Å². The van der Waals surface area contributed by atoms with E-state index in [1.165, 1.54) is 10.9 Å². The Morgan fingerprint density at radius 2 is 0.569 bits per heavy atom. The Balaban J connectivity index is 0.998. The second-order valence-corrected chi connectivity index (χ2v) is 14.2. The van der Waals surface area contributed by atoms with E-state index in [1.807, 2.05) is 54.6 Å². The summed E-state index contributed by atoms with van der Waals surface area (Å²) in [7, 11) is 0. The lowest BCUT2D eigenvalue weighted by atomic mass is 9.99. The molecule has 10 rings (SSSR count). The number of nitrogens with zero attached hydrogens (tertiary/aromatic N) is 5. The van der Waals surface area contributed by atoms with Gasteiger partial charge in [0.2, 0.25) is 0 Å². The quantitative estimate of drug-likeness (QED) is 0.155. The van der Waals surface area contributed by atoms with Gasteiger partial charge in [-0.1, -0.05) is 194 Å². The molecule has 0 saturated carbocycles. The Bertz CT molecular complexity index is 3020. The minimum atomic E-state index is 0.621. The van der Waals surface area contributed by atoms with Crippen molar-refractivity contribution in [2.75, 3.05) is 0 Å². The molecule has 5 heteroatoms. The molecule has 0 bridgehead atoms.